The van der Waals surface area contributed by atoms with Crippen LogP contribution in [0.2, 0.25) is 0 Å². The maximum absolute atomic E-state index is 11.8. The Kier molecular flexibility index (Phi) is 4.24. The van der Waals surface area contributed by atoms with E-state index in [1.807, 2.05) is 31.2 Å². The Morgan fingerprint density at radius 2 is 2.04 bits per heavy atom. The zero-order valence-corrected chi connectivity index (χ0v) is 13.1. The van der Waals surface area contributed by atoms with E-state index in [0.717, 1.165) is 10.9 Å². The molecule has 5 nitrogen and oxygen atoms in total. The molecule has 1 aromatic heterocycles. The second-order valence-corrected chi connectivity index (χ2v) is 5.27. The van der Waals surface area contributed by atoms with Crippen LogP contribution in [0.1, 0.15) is 18.1 Å². The third-order valence-electron chi connectivity index (χ3n) is 3.70. The second kappa shape index (κ2) is 6.50. The summed E-state index contributed by atoms with van der Waals surface area (Å²) in [4.78, 5) is 14.8. The molecule has 0 fully saturated rings. The number of aromatic nitrogens is 1. The van der Waals surface area contributed by atoms with Gasteiger partial charge in [-0.3, -0.25) is 0 Å². The van der Waals surface area contributed by atoms with Crippen LogP contribution in [0.15, 0.2) is 48.7 Å². The van der Waals surface area contributed by atoms with Crippen LogP contribution in [-0.2, 0) is 4.79 Å². The standard InChI is InChI=1S/C19H17NO4/c1-2-24-18-10-12(7-8-17(18)21)9-14(19(22)23)15-11-20-16-6-4-3-5-13(15)16/h3-11,20-21H,2H2,1H3,(H,22,23). The molecule has 3 rings (SSSR count). The number of ether oxygens (including phenoxy) is 1. The number of carbonyl (C=O) groups is 1. The smallest absolute Gasteiger partial charge is 0.336 e. The molecule has 0 amide bonds. The summed E-state index contributed by atoms with van der Waals surface area (Å²) in [5.74, 6) is -0.668. The highest BCUT2D eigenvalue weighted by Crippen LogP contribution is 2.31. The number of H-pyrrole nitrogens is 1. The van der Waals surface area contributed by atoms with Gasteiger partial charge in [0.1, 0.15) is 0 Å². The van der Waals surface area contributed by atoms with Crippen LogP contribution >= 0.6 is 0 Å². The van der Waals surface area contributed by atoms with Crippen LogP contribution in [0.3, 0.4) is 0 Å². The number of hydrogen-bond donors (Lipinski definition) is 3. The largest absolute Gasteiger partial charge is 0.504 e. The minimum Gasteiger partial charge on any atom is -0.504 e. The summed E-state index contributed by atoms with van der Waals surface area (Å²) in [7, 11) is 0. The van der Waals surface area contributed by atoms with Gasteiger partial charge in [0.25, 0.3) is 0 Å². The number of carboxylic acids is 1. The van der Waals surface area contributed by atoms with Crippen molar-refractivity contribution in [2.75, 3.05) is 6.61 Å². The summed E-state index contributed by atoms with van der Waals surface area (Å²) >= 11 is 0. The number of aromatic amines is 1. The number of phenolic OH excluding ortho intramolecular Hbond substituents is 1. The summed E-state index contributed by atoms with van der Waals surface area (Å²) in [5.41, 5.74) is 2.30. The molecule has 1 heterocycles. The van der Waals surface area contributed by atoms with Crippen molar-refractivity contribution >= 4 is 28.5 Å². The van der Waals surface area contributed by atoms with Crippen LogP contribution in [0, 0.1) is 0 Å². The Hall–Kier alpha value is -3.21. The third-order valence-corrected chi connectivity index (χ3v) is 3.70. The van der Waals surface area contributed by atoms with Gasteiger partial charge in [0.05, 0.1) is 12.2 Å². The maximum Gasteiger partial charge on any atom is 0.336 e. The van der Waals surface area contributed by atoms with E-state index in [9.17, 15) is 15.0 Å². The Morgan fingerprint density at radius 1 is 1.25 bits per heavy atom. The lowest BCUT2D eigenvalue weighted by molar-refractivity contribution is -0.130. The molecule has 3 N–H and O–H groups in total. The highest BCUT2D eigenvalue weighted by atomic mass is 16.5. The van der Waals surface area contributed by atoms with E-state index in [1.54, 1.807) is 24.4 Å². The van der Waals surface area contributed by atoms with Crippen molar-refractivity contribution in [1.29, 1.82) is 0 Å². The van der Waals surface area contributed by atoms with Crippen molar-refractivity contribution in [3.8, 4) is 11.5 Å². The molecule has 0 bridgehead atoms. The van der Waals surface area contributed by atoms with Crippen molar-refractivity contribution in [1.82, 2.24) is 4.98 Å². The van der Waals surface area contributed by atoms with E-state index in [2.05, 4.69) is 4.98 Å². The number of carboxylic acid groups (broad SMARTS) is 1. The molecule has 24 heavy (non-hydrogen) atoms. The minimum atomic E-state index is -1.02. The zero-order chi connectivity index (χ0) is 17.1. The van der Waals surface area contributed by atoms with Crippen LogP contribution < -0.4 is 4.74 Å². The van der Waals surface area contributed by atoms with Crippen LogP contribution in [0.4, 0.5) is 0 Å². The van der Waals surface area contributed by atoms with E-state index in [1.165, 1.54) is 6.07 Å². The molecule has 0 atom stereocenters. The van der Waals surface area contributed by atoms with Gasteiger partial charge >= 0.3 is 5.97 Å². The van der Waals surface area contributed by atoms with E-state index < -0.39 is 5.97 Å². The van der Waals surface area contributed by atoms with Crippen molar-refractivity contribution in [3.05, 3.63) is 59.8 Å². The Labute approximate surface area is 138 Å². The molecular weight excluding hydrogens is 306 g/mol. The topological polar surface area (TPSA) is 82.5 Å². The molecule has 0 saturated heterocycles. The number of phenols is 1. The molecule has 122 valence electrons. The van der Waals surface area contributed by atoms with Crippen molar-refractivity contribution in [2.45, 2.75) is 6.92 Å². The molecule has 0 aliphatic rings. The Morgan fingerprint density at radius 3 is 2.79 bits per heavy atom. The number of fused-ring (bicyclic) bond motifs is 1. The maximum atomic E-state index is 11.8. The fourth-order valence-electron chi connectivity index (χ4n) is 2.61. The highest BCUT2D eigenvalue weighted by molar-refractivity contribution is 6.23. The van der Waals surface area contributed by atoms with Crippen molar-refractivity contribution in [2.24, 2.45) is 0 Å². The number of nitrogens with one attached hydrogen (secondary N) is 1. The number of para-hydroxylation sites is 1. The molecule has 0 saturated carbocycles. The normalized spacial score (nSPS) is 11.6. The van der Waals surface area contributed by atoms with Gasteiger partial charge < -0.3 is 19.9 Å². The highest BCUT2D eigenvalue weighted by Gasteiger charge is 2.15. The van der Waals surface area contributed by atoms with Gasteiger partial charge in [0.15, 0.2) is 11.5 Å². The fourth-order valence-corrected chi connectivity index (χ4v) is 2.61. The fraction of sp³-hybridized carbons (Fsp3) is 0.105. The summed E-state index contributed by atoms with van der Waals surface area (Å²) in [6, 6.07) is 12.3. The number of aromatic hydroxyl groups is 1. The van der Waals surface area contributed by atoms with E-state index in [-0.39, 0.29) is 11.3 Å². The number of benzene rings is 2. The molecular formula is C19H17NO4. The van der Waals surface area contributed by atoms with E-state index in [4.69, 9.17) is 4.74 Å². The van der Waals surface area contributed by atoms with Crippen LogP contribution in [0.25, 0.3) is 22.6 Å². The third kappa shape index (κ3) is 2.96. The Bertz CT molecular complexity index is 924. The summed E-state index contributed by atoms with van der Waals surface area (Å²) in [6.45, 7) is 2.23. The lowest BCUT2D eigenvalue weighted by Crippen LogP contribution is -1.99. The zero-order valence-electron chi connectivity index (χ0n) is 13.1. The first kappa shape index (κ1) is 15.7. The molecule has 0 radical (unpaired) electrons. The quantitative estimate of drug-likeness (QED) is 0.622. The lowest BCUT2D eigenvalue weighted by Gasteiger charge is -2.07. The molecule has 0 aliphatic carbocycles. The lowest BCUT2D eigenvalue weighted by atomic mass is 10.0. The average Bonchev–Trinajstić information content (AvgIpc) is 2.99. The summed E-state index contributed by atoms with van der Waals surface area (Å²) < 4.78 is 5.35. The first-order valence-corrected chi connectivity index (χ1v) is 7.57. The van der Waals surface area contributed by atoms with Gasteiger partial charge in [-0.05, 0) is 36.8 Å². The van der Waals surface area contributed by atoms with Gasteiger partial charge in [-0.25, -0.2) is 4.79 Å². The molecule has 3 aromatic rings. The predicted octanol–water partition coefficient (Wildman–Crippen LogP) is 3.90. The molecule has 5 heteroatoms. The van der Waals surface area contributed by atoms with Gasteiger partial charge in [0, 0.05) is 22.7 Å². The summed E-state index contributed by atoms with van der Waals surface area (Å²) in [6.07, 6.45) is 3.26. The average molecular weight is 323 g/mol. The van der Waals surface area contributed by atoms with Crippen LogP contribution in [0.5, 0.6) is 11.5 Å². The minimum absolute atomic E-state index is 0.0259. The van der Waals surface area contributed by atoms with Gasteiger partial charge in [-0.15, -0.1) is 0 Å². The first-order valence-electron chi connectivity index (χ1n) is 7.57. The molecule has 0 aliphatic heterocycles. The van der Waals surface area contributed by atoms with E-state index in [0.29, 0.717) is 23.5 Å². The molecule has 0 spiro atoms. The second-order valence-electron chi connectivity index (χ2n) is 5.27. The Balaban J connectivity index is 2.10. The van der Waals surface area contributed by atoms with Crippen molar-refractivity contribution in [3.63, 3.8) is 0 Å². The monoisotopic (exact) mass is 323 g/mol. The van der Waals surface area contributed by atoms with Gasteiger partial charge in [-0.2, -0.15) is 0 Å². The van der Waals surface area contributed by atoms with Crippen molar-refractivity contribution < 1.29 is 19.7 Å². The number of hydrogen-bond acceptors (Lipinski definition) is 3. The molecule has 2 aromatic carbocycles. The van der Waals surface area contributed by atoms with Gasteiger partial charge in [0.2, 0.25) is 0 Å². The summed E-state index contributed by atoms with van der Waals surface area (Å²) in [5, 5.41) is 20.2. The number of rotatable bonds is 5. The molecule has 0 unspecified atom stereocenters. The number of aliphatic carboxylic acids is 1. The predicted molar refractivity (Wildman–Crippen MR) is 93.1 cm³/mol. The van der Waals surface area contributed by atoms with Gasteiger partial charge in [-0.1, -0.05) is 24.3 Å². The van der Waals surface area contributed by atoms with Crippen LogP contribution in [-0.4, -0.2) is 27.8 Å². The van der Waals surface area contributed by atoms with E-state index >= 15 is 0 Å². The SMILES string of the molecule is CCOc1cc(C=C(C(=O)O)c2c[nH]c3ccccc23)ccc1O. The first-order chi connectivity index (χ1) is 11.6.